The first-order valence-corrected chi connectivity index (χ1v) is 11.5. The lowest BCUT2D eigenvalue weighted by Crippen LogP contribution is -2.51. The molecular formula is C20H32ClN3O3S. The van der Waals surface area contributed by atoms with Crippen LogP contribution in [0.15, 0.2) is 29.2 Å². The molecule has 1 saturated carbocycles. The molecule has 0 spiro atoms. The van der Waals surface area contributed by atoms with E-state index in [-0.39, 0.29) is 23.9 Å². The van der Waals surface area contributed by atoms with E-state index in [4.69, 9.17) is 5.73 Å². The minimum absolute atomic E-state index is 0. The van der Waals surface area contributed by atoms with Gasteiger partial charge < -0.3 is 11.1 Å². The number of carbonyl (C=O) groups is 1. The minimum atomic E-state index is -3.40. The van der Waals surface area contributed by atoms with Crippen LogP contribution in [0.2, 0.25) is 0 Å². The Morgan fingerprint density at radius 1 is 1.04 bits per heavy atom. The van der Waals surface area contributed by atoms with Crippen molar-refractivity contribution in [2.45, 2.75) is 68.2 Å². The zero-order valence-electron chi connectivity index (χ0n) is 16.4. The summed E-state index contributed by atoms with van der Waals surface area (Å²) in [6.07, 6.45) is 8.08. The number of rotatable bonds is 7. The summed E-state index contributed by atoms with van der Waals surface area (Å²) in [5.74, 6) is 0.0207. The average Bonchev–Trinajstić information content (AvgIpc) is 3.16. The first kappa shape index (κ1) is 23.1. The molecule has 1 saturated heterocycles. The summed E-state index contributed by atoms with van der Waals surface area (Å²) in [7, 11) is -3.40. The van der Waals surface area contributed by atoms with Gasteiger partial charge in [-0.2, -0.15) is 4.31 Å². The Kier molecular flexibility index (Phi) is 8.30. The monoisotopic (exact) mass is 429 g/mol. The first-order valence-electron chi connectivity index (χ1n) is 10.1. The standard InChI is InChI=1S/C20H31N3O3S.ClH/c21-16-20(12-2-3-13-20)22-19(24)11-8-17-6-9-18(10-7-17)27(25,26)23-14-4-1-5-15-23;/h6-7,9-10H,1-5,8,11-16,21H2,(H,22,24);1H. The summed E-state index contributed by atoms with van der Waals surface area (Å²) in [6.45, 7) is 1.70. The number of nitrogens with two attached hydrogens (primary N) is 1. The fourth-order valence-corrected chi connectivity index (χ4v) is 5.65. The Balaban J connectivity index is 0.00000280. The quantitative estimate of drug-likeness (QED) is 0.696. The predicted molar refractivity (Wildman–Crippen MR) is 113 cm³/mol. The minimum Gasteiger partial charge on any atom is -0.349 e. The highest BCUT2D eigenvalue weighted by Crippen LogP contribution is 2.28. The molecule has 1 aliphatic heterocycles. The maximum Gasteiger partial charge on any atom is 0.243 e. The second kappa shape index (κ2) is 10.1. The van der Waals surface area contributed by atoms with Crippen molar-refractivity contribution in [1.29, 1.82) is 0 Å². The lowest BCUT2D eigenvalue weighted by Gasteiger charge is -2.28. The van der Waals surface area contributed by atoms with Crippen LogP contribution < -0.4 is 11.1 Å². The molecule has 0 aromatic heterocycles. The van der Waals surface area contributed by atoms with E-state index in [0.717, 1.165) is 50.5 Å². The Hall–Kier alpha value is -1.15. The zero-order chi connectivity index (χ0) is 19.3. The summed E-state index contributed by atoms with van der Waals surface area (Å²) in [4.78, 5) is 12.6. The smallest absolute Gasteiger partial charge is 0.243 e. The SMILES string of the molecule is Cl.NCC1(NC(=O)CCc2ccc(S(=O)(=O)N3CCCCC3)cc2)CCCC1. The number of carbonyl (C=O) groups excluding carboxylic acids is 1. The van der Waals surface area contributed by atoms with E-state index in [1.807, 2.05) is 12.1 Å². The van der Waals surface area contributed by atoms with Crippen molar-refractivity contribution in [3.63, 3.8) is 0 Å². The summed E-state index contributed by atoms with van der Waals surface area (Å²) in [5.41, 5.74) is 6.62. The Labute approximate surface area is 174 Å². The van der Waals surface area contributed by atoms with Crippen LogP contribution in [0.1, 0.15) is 56.9 Å². The second-order valence-corrected chi connectivity index (χ2v) is 9.79. The van der Waals surface area contributed by atoms with Crippen molar-refractivity contribution >= 4 is 28.3 Å². The third kappa shape index (κ3) is 5.47. The predicted octanol–water partition coefficient (Wildman–Crippen LogP) is 2.60. The molecule has 0 bridgehead atoms. The van der Waals surface area contributed by atoms with Crippen molar-refractivity contribution in [2.75, 3.05) is 19.6 Å². The molecule has 2 aliphatic rings. The van der Waals surface area contributed by atoms with E-state index in [2.05, 4.69) is 5.32 Å². The summed E-state index contributed by atoms with van der Waals surface area (Å²) in [6, 6.07) is 6.96. The van der Waals surface area contributed by atoms with Gasteiger partial charge in [-0.3, -0.25) is 4.79 Å². The van der Waals surface area contributed by atoms with Gasteiger partial charge in [-0.05, 0) is 49.8 Å². The van der Waals surface area contributed by atoms with Crippen LogP contribution in [-0.2, 0) is 21.2 Å². The number of hydrogen-bond acceptors (Lipinski definition) is 4. The number of halogens is 1. The number of nitrogens with one attached hydrogen (secondary N) is 1. The van der Waals surface area contributed by atoms with Gasteiger partial charge in [0, 0.05) is 26.1 Å². The van der Waals surface area contributed by atoms with Gasteiger partial charge >= 0.3 is 0 Å². The maximum atomic E-state index is 12.7. The summed E-state index contributed by atoms with van der Waals surface area (Å²) < 4.78 is 26.9. The molecule has 6 nitrogen and oxygen atoms in total. The van der Waals surface area contributed by atoms with E-state index in [1.165, 1.54) is 0 Å². The molecule has 2 fully saturated rings. The highest BCUT2D eigenvalue weighted by molar-refractivity contribution is 7.89. The van der Waals surface area contributed by atoms with Crippen LogP contribution in [0.4, 0.5) is 0 Å². The molecule has 1 aromatic rings. The third-order valence-corrected chi connectivity index (χ3v) is 7.79. The van der Waals surface area contributed by atoms with Crippen LogP contribution in [-0.4, -0.2) is 43.8 Å². The zero-order valence-corrected chi connectivity index (χ0v) is 18.0. The normalized spacial score (nSPS) is 19.8. The van der Waals surface area contributed by atoms with Gasteiger partial charge in [0.05, 0.1) is 10.4 Å². The molecule has 28 heavy (non-hydrogen) atoms. The lowest BCUT2D eigenvalue weighted by atomic mass is 9.97. The van der Waals surface area contributed by atoms with Crippen LogP contribution in [0, 0.1) is 0 Å². The molecule has 1 amide bonds. The van der Waals surface area contributed by atoms with Crippen LogP contribution in [0.3, 0.4) is 0 Å². The largest absolute Gasteiger partial charge is 0.349 e. The van der Waals surface area contributed by atoms with E-state index < -0.39 is 10.0 Å². The molecule has 3 rings (SSSR count). The van der Waals surface area contributed by atoms with Gasteiger partial charge in [-0.15, -0.1) is 12.4 Å². The highest BCUT2D eigenvalue weighted by Gasteiger charge is 2.33. The molecule has 1 aliphatic carbocycles. The van der Waals surface area contributed by atoms with Crippen LogP contribution >= 0.6 is 12.4 Å². The van der Waals surface area contributed by atoms with Gasteiger partial charge in [0.25, 0.3) is 0 Å². The number of hydrogen-bond donors (Lipinski definition) is 2. The topological polar surface area (TPSA) is 92.5 Å². The maximum absolute atomic E-state index is 12.7. The van der Waals surface area contributed by atoms with Gasteiger partial charge in [0.15, 0.2) is 0 Å². The summed E-state index contributed by atoms with van der Waals surface area (Å²) >= 11 is 0. The molecule has 0 unspecified atom stereocenters. The van der Waals surface area contributed by atoms with Gasteiger partial charge in [-0.25, -0.2) is 8.42 Å². The second-order valence-electron chi connectivity index (χ2n) is 7.85. The molecule has 0 radical (unpaired) electrons. The fourth-order valence-electron chi connectivity index (χ4n) is 4.13. The van der Waals surface area contributed by atoms with Crippen molar-refractivity contribution in [3.8, 4) is 0 Å². The van der Waals surface area contributed by atoms with E-state index in [0.29, 0.717) is 37.4 Å². The van der Waals surface area contributed by atoms with E-state index in [1.54, 1.807) is 16.4 Å². The number of nitrogens with zero attached hydrogens (tertiary/aromatic N) is 1. The Morgan fingerprint density at radius 3 is 2.21 bits per heavy atom. The molecular weight excluding hydrogens is 398 g/mol. The number of sulfonamides is 1. The first-order chi connectivity index (χ1) is 13.0. The number of aryl methyl sites for hydroxylation is 1. The Bertz CT molecular complexity index is 740. The molecule has 0 atom stereocenters. The lowest BCUT2D eigenvalue weighted by molar-refractivity contribution is -0.122. The van der Waals surface area contributed by atoms with Crippen LogP contribution in [0.5, 0.6) is 0 Å². The Morgan fingerprint density at radius 2 is 1.64 bits per heavy atom. The van der Waals surface area contributed by atoms with Crippen molar-refractivity contribution < 1.29 is 13.2 Å². The molecule has 3 N–H and O–H groups in total. The third-order valence-electron chi connectivity index (χ3n) is 5.87. The van der Waals surface area contributed by atoms with Gasteiger partial charge in [0.2, 0.25) is 15.9 Å². The van der Waals surface area contributed by atoms with Crippen molar-refractivity contribution in [1.82, 2.24) is 9.62 Å². The number of benzene rings is 1. The molecule has 158 valence electrons. The van der Waals surface area contributed by atoms with E-state index >= 15 is 0 Å². The molecule has 1 aromatic carbocycles. The fraction of sp³-hybridized carbons (Fsp3) is 0.650. The summed E-state index contributed by atoms with van der Waals surface area (Å²) in [5, 5.41) is 3.12. The van der Waals surface area contributed by atoms with Gasteiger partial charge in [-0.1, -0.05) is 31.4 Å². The van der Waals surface area contributed by atoms with Gasteiger partial charge in [0.1, 0.15) is 0 Å². The highest BCUT2D eigenvalue weighted by atomic mass is 35.5. The van der Waals surface area contributed by atoms with E-state index in [9.17, 15) is 13.2 Å². The number of amides is 1. The van der Waals surface area contributed by atoms with Crippen molar-refractivity contribution in [2.24, 2.45) is 5.73 Å². The van der Waals surface area contributed by atoms with Crippen molar-refractivity contribution in [3.05, 3.63) is 29.8 Å². The average molecular weight is 430 g/mol. The molecule has 1 heterocycles. The van der Waals surface area contributed by atoms with Crippen LogP contribution in [0.25, 0.3) is 0 Å². The number of piperidine rings is 1. The molecule has 8 heteroatoms.